The molecule has 1 aromatic carbocycles. The molecule has 0 aliphatic heterocycles. The topological polar surface area (TPSA) is 38.3 Å². The predicted molar refractivity (Wildman–Crippen MR) is 73.9 cm³/mol. The molecule has 0 aliphatic carbocycles. The molecule has 1 N–H and O–H groups in total. The minimum atomic E-state index is -0.468. The lowest BCUT2D eigenvalue weighted by Gasteiger charge is -2.19. The van der Waals surface area contributed by atoms with Gasteiger partial charge in [-0.2, -0.15) is 0 Å². The van der Waals surface area contributed by atoms with Gasteiger partial charge in [0.05, 0.1) is 0 Å². The Bertz CT molecular complexity index is 399. The van der Waals surface area contributed by atoms with E-state index in [0.717, 1.165) is 12.0 Å². The van der Waals surface area contributed by atoms with E-state index >= 15 is 0 Å². The molecule has 0 radical (unpaired) electrons. The zero-order valence-electron chi connectivity index (χ0n) is 11.1. The Morgan fingerprint density at radius 1 is 1.33 bits per heavy atom. The first kappa shape index (κ1) is 14.8. The summed E-state index contributed by atoms with van der Waals surface area (Å²) in [5, 5.41) is 2.73. The van der Waals surface area contributed by atoms with E-state index in [1.807, 2.05) is 45.0 Å². The number of carbonyl (C=O) groups excluding carboxylic acids is 1. The van der Waals surface area contributed by atoms with Gasteiger partial charge in [-0.1, -0.05) is 24.3 Å². The Labute approximate surface area is 113 Å². The van der Waals surface area contributed by atoms with Crippen LogP contribution in [0.2, 0.25) is 0 Å². The predicted octanol–water partition coefficient (Wildman–Crippen LogP) is 3.49. The highest BCUT2D eigenvalue weighted by Gasteiger charge is 2.15. The normalized spacial score (nSPS) is 11.1. The molecular weight excluding hydrogens is 250 g/mol. The summed E-state index contributed by atoms with van der Waals surface area (Å²) in [6, 6.07) is 8.00. The lowest BCUT2D eigenvalue weighted by molar-refractivity contribution is 0.0523. The molecule has 0 saturated heterocycles. The van der Waals surface area contributed by atoms with E-state index in [4.69, 9.17) is 16.3 Å². The number of ether oxygens (including phenoxy) is 1. The second kappa shape index (κ2) is 6.64. The summed E-state index contributed by atoms with van der Waals surface area (Å²) in [4.78, 5) is 11.5. The molecule has 0 bridgehead atoms. The highest BCUT2D eigenvalue weighted by molar-refractivity contribution is 6.17. The summed E-state index contributed by atoms with van der Waals surface area (Å²) in [7, 11) is 0. The summed E-state index contributed by atoms with van der Waals surface area (Å²) in [6.45, 7) is 5.99. The third-order valence-corrected chi connectivity index (χ3v) is 2.40. The van der Waals surface area contributed by atoms with E-state index < -0.39 is 11.7 Å². The van der Waals surface area contributed by atoms with Gasteiger partial charge in [0, 0.05) is 12.4 Å². The number of amides is 1. The Kier molecular flexibility index (Phi) is 5.48. The molecule has 100 valence electrons. The minimum Gasteiger partial charge on any atom is -0.444 e. The van der Waals surface area contributed by atoms with Crippen molar-refractivity contribution in [2.24, 2.45) is 0 Å². The van der Waals surface area contributed by atoms with Crippen LogP contribution in [0.5, 0.6) is 0 Å². The quantitative estimate of drug-likeness (QED) is 0.850. The van der Waals surface area contributed by atoms with Crippen LogP contribution in [0, 0.1) is 0 Å². The molecule has 18 heavy (non-hydrogen) atoms. The fraction of sp³-hybridized carbons (Fsp3) is 0.500. The third-order valence-electron chi connectivity index (χ3n) is 2.21. The van der Waals surface area contributed by atoms with Gasteiger partial charge in [0.2, 0.25) is 0 Å². The number of halogens is 1. The smallest absolute Gasteiger partial charge is 0.407 e. The van der Waals surface area contributed by atoms with Crippen molar-refractivity contribution in [2.45, 2.75) is 39.3 Å². The molecule has 1 amide bonds. The zero-order chi connectivity index (χ0) is 13.6. The van der Waals surface area contributed by atoms with Crippen LogP contribution in [0.25, 0.3) is 0 Å². The van der Waals surface area contributed by atoms with Crippen molar-refractivity contribution in [2.75, 3.05) is 5.88 Å². The highest BCUT2D eigenvalue weighted by atomic mass is 35.5. The molecule has 0 saturated carbocycles. The molecular formula is C14H20ClNO2. The minimum absolute atomic E-state index is 0.398. The molecule has 3 nitrogen and oxygen atoms in total. The van der Waals surface area contributed by atoms with E-state index in [9.17, 15) is 4.79 Å². The highest BCUT2D eigenvalue weighted by Crippen LogP contribution is 2.09. The molecule has 4 heteroatoms. The summed E-state index contributed by atoms with van der Waals surface area (Å²) >= 11 is 5.70. The van der Waals surface area contributed by atoms with Gasteiger partial charge in [0.15, 0.2) is 0 Å². The van der Waals surface area contributed by atoms with Crippen LogP contribution in [-0.4, -0.2) is 17.6 Å². The molecule has 0 aromatic heterocycles. The molecule has 1 aromatic rings. The number of hydrogen-bond acceptors (Lipinski definition) is 2. The fourth-order valence-corrected chi connectivity index (χ4v) is 1.71. The molecule has 1 rings (SSSR count). The van der Waals surface area contributed by atoms with E-state index in [1.54, 1.807) is 0 Å². The summed E-state index contributed by atoms with van der Waals surface area (Å²) in [5.41, 5.74) is 1.75. The number of hydrogen-bond donors (Lipinski definition) is 1. The Morgan fingerprint density at radius 3 is 2.61 bits per heavy atom. The van der Waals surface area contributed by atoms with Crippen LogP contribution in [0.15, 0.2) is 24.3 Å². The maximum Gasteiger partial charge on any atom is 0.407 e. The van der Waals surface area contributed by atoms with Gasteiger partial charge >= 0.3 is 6.09 Å². The largest absolute Gasteiger partial charge is 0.444 e. The van der Waals surface area contributed by atoms with Crippen LogP contribution >= 0.6 is 11.6 Å². The first-order valence-corrected chi connectivity index (χ1v) is 6.55. The number of carbonyl (C=O) groups is 1. The van der Waals surface area contributed by atoms with Crippen molar-refractivity contribution < 1.29 is 9.53 Å². The van der Waals surface area contributed by atoms with Crippen LogP contribution < -0.4 is 5.32 Å². The summed E-state index contributed by atoms with van der Waals surface area (Å²) in [6.07, 6.45) is 0.437. The van der Waals surface area contributed by atoms with Crippen molar-refractivity contribution in [3.63, 3.8) is 0 Å². The lowest BCUT2D eigenvalue weighted by atomic mass is 10.1. The summed E-state index contributed by atoms with van der Waals surface area (Å²) in [5.74, 6) is 0.600. The number of rotatable bonds is 4. The van der Waals surface area contributed by atoms with E-state index in [0.29, 0.717) is 12.4 Å². The second-order valence-corrected chi connectivity index (χ2v) is 5.49. The lowest BCUT2D eigenvalue weighted by Crippen LogP contribution is -2.32. The van der Waals surface area contributed by atoms with Gasteiger partial charge < -0.3 is 10.1 Å². The Hall–Kier alpha value is -1.22. The van der Waals surface area contributed by atoms with Crippen molar-refractivity contribution in [3.8, 4) is 0 Å². The summed E-state index contributed by atoms with van der Waals surface area (Å²) < 4.78 is 5.17. The van der Waals surface area contributed by atoms with Crippen LogP contribution in [-0.2, 0) is 17.7 Å². The Balaban J connectivity index is 2.48. The van der Waals surface area contributed by atoms with Crippen molar-refractivity contribution in [1.29, 1.82) is 0 Å². The number of benzene rings is 1. The maximum absolute atomic E-state index is 11.5. The molecule has 0 fully saturated rings. The van der Waals surface area contributed by atoms with Gasteiger partial charge in [-0.15, -0.1) is 11.6 Å². The number of alkyl halides is 1. The van der Waals surface area contributed by atoms with Crippen molar-refractivity contribution in [1.82, 2.24) is 5.32 Å². The number of alkyl carbamates (subject to hydrolysis) is 1. The second-order valence-electron chi connectivity index (χ2n) is 5.11. The van der Waals surface area contributed by atoms with Crippen molar-refractivity contribution >= 4 is 17.7 Å². The average Bonchev–Trinajstić information content (AvgIpc) is 2.25. The number of nitrogens with one attached hydrogen (secondary N) is 1. The van der Waals surface area contributed by atoms with Crippen molar-refractivity contribution in [3.05, 3.63) is 35.4 Å². The van der Waals surface area contributed by atoms with E-state index in [2.05, 4.69) is 5.32 Å². The van der Waals surface area contributed by atoms with Gasteiger partial charge in [0.25, 0.3) is 0 Å². The molecule has 0 heterocycles. The molecule has 0 atom stereocenters. The molecule has 0 unspecified atom stereocenters. The molecule has 0 spiro atoms. The SMILES string of the molecule is CC(C)(C)OC(=O)NCc1cccc(CCCl)c1. The van der Waals surface area contributed by atoms with E-state index in [1.165, 1.54) is 5.56 Å². The average molecular weight is 270 g/mol. The van der Waals surface area contributed by atoms with Crippen LogP contribution in [0.1, 0.15) is 31.9 Å². The first-order chi connectivity index (χ1) is 8.40. The fourth-order valence-electron chi connectivity index (χ4n) is 1.49. The van der Waals surface area contributed by atoms with Crippen LogP contribution in [0.4, 0.5) is 4.79 Å². The van der Waals surface area contributed by atoms with E-state index in [-0.39, 0.29) is 0 Å². The zero-order valence-corrected chi connectivity index (χ0v) is 11.9. The monoisotopic (exact) mass is 269 g/mol. The van der Waals surface area contributed by atoms with Gasteiger partial charge in [-0.3, -0.25) is 0 Å². The van der Waals surface area contributed by atoms with Gasteiger partial charge in [-0.05, 0) is 38.3 Å². The number of aryl methyl sites for hydroxylation is 1. The van der Waals surface area contributed by atoms with Crippen LogP contribution in [0.3, 0.4) is 0 Å². The first-order valence-electron chi connectivity index (χ1n) is 6.01. The Morgan fingerprint density at radius 2 is 2.00 bits per heavy atom. The standard InChI is InChI=1S/C14H20ClNO2/c1-14(2,3)18-13(17)16-10-12-6-4-5-11(9-12)7-8-15/h4-6,9H,7-8,10H2,1-3H3,(H,16,17). The van der Waals surface area contributed by atoms with Gasteiger partial charge in [0.1, 0.15) is 5.60 Å². The third kappa shape index (κ3) is 5.92. The maximum atomic E-state index is 11.5. The molecule has 0 aliphatic rings. The van der Waals surface area contributed by atoms with Gasteiger partial charge in [-0.25, -0.2) is 4.79 Å².